The lowest BCUT2D eigenvalue weighted by atomic mass is 10.1. The van der Waals surface area contributed by atoms with Crippen molar-refractivity contribution in [2.24, 2.45) is 0 Å². The highest BCUT2D eigenvalue weighted by molar-refractivity contribution is 5.86. The van der Waals surface area contributed by atoms with Crippen LogP contribution in [0.3, 0.4) is 0 Å². The molecule has 2 aromatic rings. The van der Waals surface area contributed by atoms with Crippen LogP contribution >= 0.6 is 0 Å². The summed E-state index contributed by atoms with van der Waals surface area (Å²) in [5.41, 5.74) is 4.16. The number of hydrogen-bond acceptors (Lipinski definition) is 0. The second kappa shape index (κ2) is 3.25. The molecule has 0 amide bonds. The lowest BCUT2D eigenvalue weighted by Gasteiger charge is -1.99. The first-order chi connectivity index (χ1) is 6.36. The number of benzene rings is 1. The molecule has 13 heavy (non-hydrogen) atoms. The van der Waals surface area contributed by atoms with Crippen molar-refractivity contribution in [1.29, 1.82) is 0 Å². The molecule has 1 nitrogen and oxygen atoms in total. The summed E-state index contributed by atoms with van der Waals surface area (Å²) in [4.78, 5) is 3.36. The molecular weight excluding hydrogens is 158 g/mol. The minimum Gasteiger partial charge on any atom is -0.361 e. The van der Waals surface area contributed by atoms with Gasteiger partial charge in [0.1, 0.15) is 0 Å². The number of para-hydroxylation sites is 1. The Kier molecular flexibility index (Phi) is 2.09. The largest absolute Gasteiger partial charge is 0.361 e. The van der Waals surface area contributed by atoms with Gasteiger partial charge in [0.15, 0.2) is 0 Å². The maximum Gasteiger partial charge on any atom is 0.0489 e. The molecule has 0 aliphatic heterocycles. The number of fused-ring (bicyclic) bond motifs is 1. The smallest absolute Gasteiger partial charge is 0.0489 e. The second-order valence-corrected chi connectivity index (χ2v) is 3.36. The summed E-state index contributed by atoms with van der Waals surface area (Å²) in [5.74, 6) is 0. The predicted molar refractivity (Wildman–Crippen MR) is 57.1 cm³/mol. The van der Waals surface area contributed by atoms with Crippen LogP contribution in [0.5, 0.6) is 0 Å². The van der Waals surface area contributed by atoms with Gasteiger partial charge in [0.25, 0.3) is 0 Å². The Morgan fingerprint density at radius 2 is 1.85 bits per heavy atom. The molecule has 0 fully saturated rings. The van der Waals surface area contributed by atoms with E-state index in [1.54, 1.807) is 0 Å². The zero-order chi connectivity index (χ0) is 9.26. The molecule has 1 N–H and O–H groups in total. The molecule has 0 saturated carbocycles. The molecule has 0 bridgehead atoms. The van der Waals surface area contributed by atoms with E-state index in [0.717, 1.165) is 12.8 Å². The summed E-state index contributed by atoms with van der Waals surface area (Å²) >= 11 is 0. The van der Waals surface area contributed by atoms with Gasteiger partial charge in [0, 0.05) is 17.1 Å². The fraction of sp³-hybridized carbons (Fsp3) is 0.333. The van der Waals surface area contributed by atoms with Crippen molar-refractivity contribution in [1.82, 2.24) is 4.98 Å². The average Bonchev–Trinajstić information content (AvgIpc) is 2.60. The van der Waals surface area contributed by atoms with Gasteiger partial charge in [-0.1, -0.05) is 32.0 Å². The number of nitrogens with one attached hydrogen (secondary N) is 1. The SMILES string of the molecule is CCc1c[nH]c2c(CC)cccc12. The highest BCUT2D eigenvalue weighted by atomic mass is 14.7. The lowest BCUT2D eigenvalue weighted by molar-refractivity contribution is 1.15. The molecule has 1 heteroatoms. The highest BCUT2D eigenvalue weighted by Gasteiger charge is 2.03. The van der Waals surface area contributed by atoms with Crippen LogP contribution in [0.2, 0.25) is 0 Å². The predicted octanol–water partition coefficient (Wildman–Crippen LogP) is 3.29. The van der Waals surface area contributed by atoms with Crippen LogP contribution < -0.4 is 0 Å². The first-order valence-electron chi connectivity index (χ1n) is 4.94. The molecule has 0 aliphatic rings. The van der Waals surface area contributed by atoms with Gasteiger partial charge in [-0.3, -0.25) is 0 Å². The van der Waals surface area contributed by atoms with Crippen LogP contribution in [0.25, 0.3) is 10.9 Å². The van der Waals surface area contributed by atoms with Gasteiger partial charge in [0.05, 0.1) is 0 Å². The van der Waals surface area contributed by atoms with Gasteiger partial charge >= 0.3 is 0 Å². The van der Waals surface area contributed by atoms with Crippen molar-refractivity contribution < 1.29 is 0 Å². The first-order valence-corrected chi connectivity index (χ1v) is 4.94. The molecule has 0 spiro atoms. The van der Waals surface area contributed by atoms with Crippen molar-refractivity contribution in [2.75, 3.05) is 0 Å². The molecule has 0 saturated heterocycles. The molecule has 0 aliphatic carbocycles. The summed E-state index contributed by atoms with van der Waals surface area (Å²) in [6.45, 7) is 4.39. The molecule has 0 unspecified atom stereocenters. The van der Waals surface area contributed by atoms with E-state index in [-0.39, 0.29) is 0 Å². The molecular formula is C12H15N. The van der Waals surface area contributed by atoms with Crippen molar-refractivity contribution >= 4 is 10.9 Å². The topological polar surface area (TPSA) is 15.8 Å². The molecule has 1 heterocycles. The maximum absolute atomic E-state index is 3.36. The first kappa shape index (κ1) is 8.36. The lowest BCUT2D eigenvalue weighted by Crippen LogP contribution is -1.82. The highest BCUT2D eigenvalue weighted by Crippen LogP contribution is 2.22. The van der Waals surface area contributed by atoms with E-state index < -0.39 is 0 Å². The normalized spacial score (nSPS) is 10.9. The zero-order valence-corrected chi connectivity index (χ0v) is 8.22. The van der Waals surface area contributed by atoms with E-state index in [0.29, 0.717) is 0 Å². The fourth-order valence-electron chi connectivity index (χ4n) is 1.86. The van der Waals surface area contributed by atoms with E-state index in [9.17, 15) is 0 Å². The Bertz CT molecular complexity index is 412. The summed E-state index contributed by atoms with van der Waals surface area (Å²) in [5, 5.41) is 1.39. The van der Waals surface area contributed by atoms with Crippen molar-refractivity contribution in [3.8, 4) is 0 Å². The third-order valence-electron chi connectivity index (χ3n) is 2.65. The Hall–Kier alpha value is -1.24. The Morgan fingerprint density at radius 3 is 2.54 bits per heavy atom. The number of aryl methyl sites for hydroxylation is 2. The van der Waals surface area contributed by atoms with E-state index in [2.05, 4.69) is 43.2 Å². The molecule has 1 aromatic carbocycles. The van der Waals surface area contributed by atoms with Gasteiger partial charge in [0.2, 0.25) is 0 Å². The third kappa shape index (κ3) is 1.24. The number of aromatic nitrogens is 1. The van der Waals surface area contributed by atoms with Crippen LogP contribution in [0.1, 0.15) is 25.0 Å². The Morgan fingerprint density at radius 1 is 1.08 bits per heavy atom. The van der Waals surface area contributed by atoms with Gasteiger partial charge < -0.3 is 4.98 Å². The molecule has 0 atom stereocenters. The van der Waals surface area contributed by atoms with E-state index in [1.807, 2.05) is 0 Å². The monoisotopic (exact) mass is 173 g/mol. The third-order valence-corrected chi connectivity index (χ3v) is 2.65. The zero-order valence-electron chi connectivity index (χ0n) is 8.22. The maximum atomic E-state index is 3.36. The second-order valence-electron chi connectivity index (χ2n) is 3.36. The Labute approximate surface area is 78.8 Å². The summed E-state index contributed by atoms with van der Waals surface area (Å²) in [6.07, 6.45) is 4.33. The minimum atomic E-state index is 1.10. The Balaban J connectivity index is 2.72. The van der Waals surface area contributed by atoms with Crippen LogP contribution in [-0.4, -0.2) is 4.98 Å². The summed E-state index contributed by atoms with van der Waals surface area (Å²) in [7, 11) is 0. The molecule has 2 rings (SSSR count). The van der Waals surface area contributed by atoms with Gasteiger partial charge in [-0.2, -0.15) is 0 Å². The number of rotatable bonds is 2. The quantitative estimate of drug-likeness (QED) is 0.717. The van der Waals surface area contributed by atoms with Crippen LogP contribution in [0.15, 0.2) is 24.4 Å². The van der Waals surface area contributed by atoms with E-state index in [1.165, 1.54) is 22.0 Å². The van der Waals surface area contributed by atoms with Gasteiger partial charge in [-0.25, -0.2) is 0 Å². The summed E-state index contributed by atoms with van der Waals surface area (Å²) < 4.78 is 0. The average molecular weight is 173 g/mol. The standard InChI is InChI=1S/C12H15N/c1-3-9-6-5-7-11-10(4-2)8-13-12(9)11/h5-8,13H,3-4H2,1-2H3. The van der Waals surface area contributed by atoms with Crippen molar-refractivity contribution in [3.05, 3.63) is 35.5 Å². The van der Waals surface area contributed by atoms with Crippen molar-refractivity contribution in [2.45, 2.75) is 26.7 Å². The fourth-order valence-corrected chi connectivity index (χ4v) is 1.86. The van der Waals surface area contributed by atoms with Crippen LogP contribution in [-0.2, 0) is 12.8 Å². The number of hydrogen-bond donors (Lipinski definition) is 1. The summed E-state index contributed by atoms with van der Waals surface area (Å²) in [6, 6.07) is 6.54. The minimum absolute atomic E-state index is 1.10. The van der Waals surface area contributed by atoms with E-state index >= 15 is 0 Å². The molecule has 1 aromatic heterocycles. The number of H-pyrrole nitrogens is 1. The van der Waals surface area contributed by atoms with E-state index in [4.69, 9.17) is 0 Å². The van der Waals surface area contributed by atoms with Crippen LogP contribution in [0, 0.1) is 0 Å². The van der Waals surface area contributed by atoms with Crippen molar-refractivity contribution in [3.63, 3.8) is 0 Å². The van der Waals surface area contributed by atoms with Gasteiger partial charge in [-0.05, 0) is 24.0 Å². The van der Waals surface area contributed by atoms with Gasteiger partial charge in [-0.15, -0.1) is 0 Å². The molecule has 0 radical (unpaired) electrons. The molecule has 68 valence electrons. The van der Waals surface area contributed by atoms with Crippen LogP contribution in [0.4, 0.5) is 0 Å². The number of aromatic amines is 1.